The van der Waals surface area contributed by atoms with E-state index in [1.807, 2.05) is 13.8 Å². The Morgan fingerprint density at radius 1 is 1.19 bits per heavy atom. The summed E-state index contributed by atoms with van der Waals surface area (Å²) in [5.74, 6) is -0.721. The maximum Gasteiger partial charge on any atom is 0.511 e. The summed E-state index contributed by atoms with van der Waals surface area (Å²) >= 11 is 0. The molecular weight excluding hydrogens is 354 g/mol. The van der Waals surface area contributed by atoms with Crippen molar-refractivity contribution < 1.29 is 33.3 Å². The molecule has 8 heteroatoms. The van der Waals surface area contributed by atoms with E-state index < -0.39 is 25.0 Å². The lowest BCUT2D eigenvalue weighted by Crippen LogP contribution is -2.46. The lowest BCUT2D eigenvalue weighted by molar-refractivity contribution is -0.149. The number of ether oxygens (including phenoxy) is 4. The molecule has 0 aromatic carbocycles. The highest BCUT2D eigenvalue weighted by Crippen LogP contribution is 2.24. The van der Waals surface area contributed by atoms with Crippen LogP contribution < -0.4 is 5.32 Å². The maximum atomic E-state index is 12.2. The molecular formula is C19H31NO7. The van der Waals surface area contributed by atoms with Gasteiger partial charge in [0.05, 0.1) is 24.4 Å². The third-order valence-electron chi connectivity index (χ3n) is 4.10. The van der Waals surface area contributed by atoms with Gasteiger partial charge in [-0.15, -0.1) is 0 Å². The Balaban J connectivity index is 2.69. The number of esters is 1. The first-order valence-corrected chi connectivity index (χ1v) is 9.40. The largest absolute Gasteiger partial charge is 0.511 e. The van der Waals surface area contributed by atoms with Crippen molar-refractivity contribution in [3.8, 4) is 0 Å². The second kappa shape index (κ2) is 11.6. The average Bonchev–Trinajstić information content (AvgIpc) is 2.59. The second-order valence-corrected chi connectivity index (χ2v) is 6.69. The molecule has 1 amide bonds. The molecule has 0 aromatic heterocycles. The van der Waals surface area contributed by atoms with Crippen LogP contribution in [0.5, 0.6) is 0 Å². The summed E-state index contributed by atoms with van der Waals surface area (Å²) in [6.45, 7) is 8.36. The van der Waals surface area contributed by atoms with Gasteiger partial charge in [-0.2, -0.15) is 0 Å². The second-order valence-electron chi connectivity index (χ2n) is 6.69. The third kappa shape index (κ3) is 8.43. The van der Waals surface area contributed by atoms with Crippen molar-refractivity contribution in [2.75, 3.05) is 6.79 Å². The Morgan fingerprint density at radius 3 is 2.41 bits per heavy atom. The van der Waals surface area contributed by atoms with E-state index in [9.17, 15) is 14.4 Å². The zero-order valence-corrected chi connectivity index (χ0v) is 16.8. The highest BCUT2D eigenvalue weighted by molar-refractivity contribution is 5.88. The van der Waals surface area contributed by atoms with Crippen LogP contribution in [0.4, 0.5) is 4.79 Å². The molecule has 2 atom stereocenters. The van der Waals surface area contributed by atoms with Crippen molar-refractivity contribution in [1.82, 2.24) is 5.32 Å². The fraction of sp³-hybridized carbons (Fsp3) is 0.737. The summed E-state index contributed by atoms with van der Waals surface area (Å²) in [5, 5.41) is 2.87. The van der Waals surface area contributed by atoms with Crippen LogP contribution in [-0.2, 0) is 28.5 Å². The minimum absolute atomic E-state index is 0.0343. The van der Waals surface area contributed by atoms with Crippen LogP contribution in [0.1, 0.15) is 60.3 Å². The SMILES string of the molecule is CCC(CC)O[C@@H]1C=C(C(=O)OCOC(=O)OC(C)C)CC[C@H]1NC(C)=O. The normalized spacial score (nSPS) is 19.4. The number of carbonyl (C=O) groups is 3. The predicted molar refractivity (Wildman–Crippen MR) is 97.8 cm³/mol. The van der Waals surface area contributed by atoms with E-state index in [0.29, 0.717) is 18.4 Å². The van der Waals surface area contributed by atoms with E-state index in [2.05, 4.69) is 5.32 Å². The van der Waals surface area contributed by atoms with Crippen LogP contribution >= 0.6 is 0 Å². The van der Waals surface area contributed by atoms with E-state index in [1.165, 1.54) is 6.92 Å². The number of rotatable bonds is 9. The van der Waals surface area contributed by atoms with Crippen molar-refractivity contribution in [2.45, 2.75) is 84.7 Å². The summed E-state index contributed by atoms with van der Waals surface area (Å²) in [7, 11) is 0. The van der Waals surface area contributed by atoms with Gasteiger partial charge in [-0.05, 0) is 45.6 Å². The van der Waals surface area contributed by atoms with Gasteiger partial charge in [0.15, 0.2) is 0 Å². The third-order valence-corrected chi connectivity index (χ3v) is 4.10. The van der Waals surface area contributed by atoms with E-state index in [-0.39, 0.29) is 24.2 Å². The number of amides is 1. The molecule has 0 aromatic rings. The molecule has 0 fully saturated rings. The van der Waals surface area contributed by atoms with Gasteiger partial charge < -0.3 is 24.3 Å². The standard InChI is InChI=1S/C19H31NO7/c1-6-15(7-2)27-17-10-14(8-9-16(17)20-13(5)21)18(22)24-11-25-19(23)26-12(3)4/h10,12,15-17H,6-9,11H2,1-5H3,(H,20,21)/t16-,17-/m1/s1. The Bertz CT molecular complexity index is 540. The molecule has 1 N–H and O–H groups in total. The molecule has 27 heavy (non-hydrogen) atoms. The zero-order valence-electron chi connectivity index (χ0n) is 16.8. The average molecular weight is 385 g/mol. The summed E-state index contributed by atoms with van der Waals surface area (Å²) < 4.78 is 20.5. The molecule has 8 nitrogen and oxygen atoms in total. The smallest absolute Gasteiger partial charge is 0.431 e. The maximum absolute atomic E-state index is 12.2. The first-order valence-electron chi connectivity index (χ1n) is 9.40. The van der Waals surface area contributed by atoms with E-state index in [4.69, 9.17) is 18.9 Å². The van der Waals surface area contributed by atoms with Crippen molar-refractivity contribution >= 4 is 18.0 Å². The number of carbonyl (C=O) groups excluding carboxylic acids is 3. The van der Waals surface area contributed by atoms with Crippen LogP contribution in [0.3, 0.4) is 0 Å². The summed E-state index contributed by atoms with van der Waals surface area (Å²) in [6, 6.07) is -0.197. The van der Waals surface area contributed by atoms with Crippen LogP contribution in [0, 0.1) is 0 Å². The molecule has 0 radical (unpaired) electrons. The molecule has 1 rings (SSSR count). The minimum atomic E-state index is -0.893. The summed E-state index contributed by atoms with van der Waals surface area (Å²) in [6.07, 6.45) is 2.76. The molecule has 0 spiro atoms. The van der Waals surface area contributed by atoms with Gasteiger partial charge in [0.1, 0.15) is 0 Å². The molecule has 0 bridgehead atoms. The first kappa shape index (κ1) is 23.0. The van der Waals surface area contributed by atoms with Crippen LogP contribution in [0.15, 0.2) is 11.6 Å². The summed E-state index contributed by atoms with van der Waals surface area (Å²) in [4.78, 5) is 35.0. The number of hydrogen-bond donors (Lipinski definition) is 1. The van der Waals surface area contributed by atoms with Gasteiger partial charge >= 0.3 is 12.1 Å². The lowest BCUT2D eigenvalue weighted by atomic mass is 9.92. The molecule has 1 aliphatic carbocycles. The van der Waals surface area contributed by atoms with Gasteiger partial charge in [-0.1, -0.05) is 13.8 Å². The Morgan fingerprint density at radius 2 is 1.85 bits per heavy atom. The zero-order chi connectivity index (χ0) is 20.4. The minimum Gasteiger partial charge on any atom is -0.431 e. The van der Waals surface area contributed by atoms with Crippen molar-refractivity contribution in [1.29, 1.82) is 0 Å². The van der Waals surface area contributed by atoms with E-state index in [0.717, 1.165) is 12.8 Å². The highest BCUT2D eigenvalue weighted by atomic mass is 16.8. The molecule has 1 aliphatic rings. The fourth-order valence-corrected chi connectivity index (χ4v) is 2.75. The first-order chi connectivity index (χ1) is 12.8. The monoisotopic (exact) mass is 385 g/mol. The van der Waals surface area contributed by atoms with E-state index >= 15 is 0 Å². The molecule has 0 heterocycles. The van der Waals surface area contributed by atoms with Crippen molar-refractivity contribution in [3.63, 3.8) is 0 Å². The summed E-state index contributed by atoms with van der Waals surface area (Å²) in [5.41, 5.74) is 0.438. The Hall–Kier alpha value is -2.09. The quantitative estimate of drug-likeness (QED) is 0.481. The van der Waals surface area contributed by atoms with Crippen molar-refractivity contribution in [2.24, 2.45) is 0 Å². The fourth-order valence-electron chi connectivity index (χ4n) is 2.75. The van der Waals surface area contributed by atoms with Gasteiger partial charge in [0.25, 0.3) is 0 Å². The van der Waals surface area contributed by atoms with Gasteiger partial charge in [-0.3, -0.25) is 4.79 Å². The lowest BCUT2D eigenvalue weighted by Gasteiger charge is -2.32. The van der Waals surface area contributed by atoms with Crippen LogP contribution in [-0.4, -0.2) is 49.2 Å². The number of nitrogens with one attached hydrogen (secondary N) is 1. The topological polar surface area (TPSA) is 100 Å². The molecule has 0 unspecified atom stereocenters. The van der Waals surface area contributed by atoms with Crippen LogP contribution in [0.2, 0.25) is 0 Å². The van der Waals surface area contributed by atoms with Gasteiger partial charge in [0, 0.05) is 12.5 Å². The van der Waals surface area contributed by atoms with Crippen molar-refractivity contribution in [3.05, 3.63) is 11.6 Å². The Labute approximate surface area is 160 Å². The highest BCUT2D eigenvalue weighted by Gasteiger charge is 2.30. The van der Waals surface area contributed by atoms with E-state index in [1.54, 1.807) is 19.9 Å². The molecule has 0 aliphatic heterocycles. The molecule has 0 saturated carbocycles. The molecule has 154 valence electrons. The molecule has 0 saturated heterocycles. The van der Waals surface area contributed by atoms with Gasteiger partial charge in [-0.25, -0.2) is 9.59 Å². The van der Waals surface area contributed by atoms with Gasteiger partial charge in [0.2, 0.25) is 12.7 Å². The van der Waals surface area contributed by atoms with Crippen LogP contribution in [0.25, 0.3) is 0 Å². The predicted octanol–water partition coefficient (Wildman–Crippen LogP) is 2.85. The number of hydrogen-bond acceptors (Lipinski definition) is 7. The Kier molecular flexibility index (Phi) is 9.85.